The van der Waals surface area contributed by atoms with E-state index in [-0.39, 0.29) is 43.2 Å². The van der Waals surface area contributed by atoms with E-state index in [1.165, 1.54) is 18.2 Å². The smallest absolute Gasteiger partial charge is 0.303 e. The number of rotatable bonds is 12. The Labute approximate surface area is 313 Å². The highest BCUT2D eigenvalue weighted by molar-refractivity contribution is 7.86. The summed E-state index contributed by atoms with van der Waals surface area (Å²) < 4.78 is 79.4. The van der Waals surface area contributed by atoms with E-state index in [1.807, 2.05) is 35.8 Å². The summed E-state index contributed by atoms with van der Waals surface area (Å²) in [5.74, 6) is -0.0864. The molecule has 3 aliphatic heterocycles. The molecule has 0 amide bonds. The Morgan fingerprint density at radius 3 is 2.34 bits per heavy atom. The molecular weight excluding hydrogens is 717 g/mol. The van der Waals surface area contributed by atoms with Crippen molar-refractivity contribution >= 4 is 54.4 Å². The van der Waals surface area contributed by atoms with Gasteiger partial charge in [-0.3, -0.25) is 4.79 Å². The van der Waals surface area contributed by atoms with Gasteiger partial charge < -0.3 is 23.8 Å². The summed E-state index contributed by atoms with van der Waals surface area (Å²) in [6, 6.07) is 8.30. The lowest BCUT2D eigenvalue weighted by Gasteiger charge is -2.43. The van der Waals surface area contributed by atoms with Crippen molar-refractivity contribution in [3.05, 3.63) is 83.2 Å². The van der Waals surface area contributed by atoms with Crippen LogP contribution in [0.3, 0.4) is 0 Å². The van der Waals surface area contributed by atoms with E-state index in [0.29, 0.717) is 17.0 Å². The number of anilines is 1. The maximum atomic E-state index is 12.1. The van der Waals surface area contributed by atoms with Crippen LogP contribution in [0.15, 0.2) is 71.4 Å². The first-order valence-electron chi connectivity index (χ1n) is 17.8. The molecule has 0 aliphatic carbocycles. The van der Waals surface area contributed by atoms with Gasteiger partial charge in [0, 0.05) is 71.1 Å². The van der Waals surface area contributed by atoms with Crippen LogP contribution in [0.4, 0.5) is 11.4 Å². The minimum absolute atomic E-state index is 0.0114. The second-order valence-electron chi connectivity index (χ2n) is 15.8. The SMILES string of the molecule is CCN1c2cc3c(cc2C(C)=CC1(C)C)C(=CC=CC1=[N+](CCCS(=O)(=O)[O-])c2ccc(S(=O)(=O)[O-])cc2C1(C)CCCC(=O)O)C=C(C(C)(C)C)O3. The van der Waals surface area contributed by atoms with Crippen LogP contribution in [0, 0.1) is 5.41 Å². The zero-order valence-electron chi connectivity index (χ0n) is 31.6. The molecule has 1 N–H and O–H groups in total. The highest BCUT2D eigenvalue weighted by Crippen LogP contribution is 2.48. The molecule has 0 aromatic heterocycles. The van der Waals surface area contributed by atoms with Crippen molar-refractivity contribution < 1.29 is 45.2 Å². The van der Waals surface area contributed by atoms with Gasteiger partial charge in [-0.15, -0.1) is 0 Å². The number of carboxylic acids is 1. The van der Waals surface area contributed by atoms with Gasteiger partial charge in [0.25, 0.3) is 0 Å². The minimum Gasteiger partial charge on any atom is -0.748 e. The molecule has 3 heterocycles. The van der Waals surface area contributed by atoms with Gasteiger partial charge in [0.15, 0.2) is 5.71 Å². The monoisotopic (exact) mass is 765 g/mol. The lowest BCUT2D eigenvalue weighted by Crippen LogP contribution is -2.45. The fraction of sp³-hybridized carbons (Fsp3) is 0.450. The third kappa shape index (κ3) is 8.38. The van der Waals surface area contributed by atoms with Gasteiger partial charge in [-0.1, -0.05) is 39.0 Å². The largest absolute Gasteiger partial charge is 0.748 e. The Hall–Kier alpha value is -4.04. The van der Waals surface area contributed by atoms with Gasteiger partial charge >= 0.3 is 5.97 Å². The molecule has 1 atom stereocenters. The molecule has 0 saturated carbocycles. The summed E-state index contributed by atoms with van der Waals surface area (Å²) in [6.45, 7) is 17.6. The zero-order valence-corrected chi connectivity index (χ0v) is 33.3. The lowest BCUT2D eigenvalue weighted by atomic mass is 9.75. The van der Waals surface area contributed by atoms with Crippen molar-refractivity contribution in [1.29, 1.82) is 0 Å². The van der Waals surface area contributed by atoms with Crippen LogP contribution in [-0.2, 0) is 30.4 Å². The van der Waals surface area contributed by atoms with Crippen LogP contribution in [-0.4, -0.2) is 71.7 Å². The molecule has 13 heteroatoms. The Kier molecular flexibility index (Phi) is 10.8. The van der Waals surface area contributed by atoms with Gasteiger partial charge in [-0.05, 0) is 82.9 Å². The number of hydrogen-bond donors (Lipinski definition) is 1. The average molecular weight is 766 g/mol. The summed E-state index contributed by atoms with van der Waals surface area (Å²) in [6.07, 6.45) is 10.4. The number of allylic oxidation sites excluding steroid dienone is 7. The fourth-order valence-corrected chi connectivity index (χ4v) is 8.77. The highest BCUT2D eigenvalue weighted by atomic mass is 32.2. The Morgan fingerprint density at radius 2 is 1.74 bits per heavy atom. The Morgan fingerprint density at radius 1 is 1.04 bits per heavy atom. The van der Waals surface area contributed by atoms with Crippen LogP contribution in [0.5, 0.6) is 5.75 Å². The third-order valence-electron chi connectivity index (χ3n) is 10.3. The molecule has 3 aliphatic rings. The predicted molar refractivity (Wildman–Crippen MR) is 205 cm³/mol. The minimum atomic E-state index is -4.82. The summed E-state index contributed by atoms with van der Waals surface area (Å²) in [7, 11) is -9.34. The van der Waals surface area contributed by atoms with Crippen molar-refractivity contribution in [3.8, 4) is 5.75 Å². The zero-order chi connectivity index (χ0) is 39.3. The number of likely N-dealkylation sites (N-methyl/N-ethyl adjacent to an activating group) is 1. The Bertz CT molecular complexity index is 2220. The van der Waals surface area contributed by atoms with E-state index in [0.717, 1.165) is 46.0 Å². The number of nitrogens with zero attached hydrogens (tertiary/aromatic N) is 2. The van der Waals surface area contributed by atoms with Crippen molar-refractivity contribution in [1.82, 2.24) is 0 Å². The molecule has 286 valence electrons. The summed E-state index contributed by atoms with van der Waals surface area (Å²) in [5.41, 5.74) is 5.37. The molecule has 0 spiro atoms. The number of ether oxygens (including phenoxy) is 1. The second-order valence-corrected chi connectivity index (χ2v) is 18.7. The van der Waals surface area contributed by atoms with Gasteiger partial charge in [0.05, 0.1) is 26.0 Å². The van der Waals surface area contributed by atoms with Crippen LogP contribution >= 0.6 is 0 Å². The number of benzene rings is 2. The first-order valence-corrected chi connectivity index (χ1v) is 20.8. The molecule has 5 rings (SSSR count). The quantitative estimate of drug-likeness (QED) is 0.174. The molecule has 0 radical (unpaired) electrons. The lowest BCUT2D eigenvalue weighted by molar-refractivity contribution is -0.437. The first kappa shape index (κ1) is 40.2. The van der Waals surface area contributed by atoms with Gasteiger partial charge in [0.1, 0.15) is 28.2 Å². The molecule has 0 bridgehead atoms. The van der Waals surface area contributed by atoms with E-state index in [2.05, 4.69) is 71.6 Å². The van der Waals surface area contributed by atoms with E-state index >= 15 is 0 Å². The molecule has 2 aromatic carbocycles. The molecule has 1 unspecified atom stereocenters. The topological polar surface area (TPSA) is 167 Å². The van der Waals surface area contributed by atoms with Crippen molar-refractivity contribution in [2.24, 2.45) is 5.41 Å². The van der Waals surface area contributed by atoms with E-state index in [4.69, 9.17) is 4.74 Å². The molecular formula is C40H49N2O9S2-. The predicted octanol–water partition coefficient (Wildman–Crippen LogP) is 7.12. The molecule has 0 saturated heterocycles. The fourth-order valence-electron chi connectivity index (χ4n) is 7.79. The van der Waals surface area contributed by atoms with Gasteiger partial charge in [0.2, 0.25) is 5.69 Å². The van der Waals surface area contributed by atoms with Crippen LogP contribution in [0.2, 0.25) is 0 Å². The van der Waals surface area contributed by atoms with Crippen LogP contribution in [0.1, 0.15) is 97.8 Å². The van der Waals surface area contributed by atoms with Crippen LogP contribution in [0.25, 0.3) is 11.1 Å². The number of carbonyl (C=O) groups is 1. The van der Waals surface area contributed by atoms with Gasteiger partial charge in [-0.25, -0.2) is 16.8 Å². The molecule has 2 aromatic rings. The average Bonchev–Trinajstić information content (AvgIpc) is 3.24. The summed E-state index contributed by atoms with van der Waals surface area (Å²) in [4.78, 5) is 13.5. The summed E-state index contributed by atoms with van der Waals surface area (Å²) in [5, 5.41) is 9.45. The number of fused-ring (bicyclic) bond motifs is 3. The molecule has 53 heavy (non-hydrogen) atoms. The Balaban J connectivity index is 1.68. The van der Waals surface area contributed by atoms with E-state index in [9.17, 15) is 35.8 Å². The number of aliphatic carboxylic acids is 1. The standard InChI is InChI=1S/C40H50N2O9S2/c1-9-42-33-24-34-30(23-29(33)26(2)25-39(42,6)7)27(21-36(51-34)38(3,4)5)13-10-14-35-40(8,18-11-15-37(43)44)31-22-28(53(48,49)50)16-17-32(31)41(35)19-12-20-52(45,46)47/h10,13-14,16-17,21-25H,9,11-12,15,18-20H2,1-8H3,(H2-,43,44,45,46,47,48,49,50)/p-1. The van der Waals surface area contributed by atoms with E-state index < -0.39 is 42.3 Å². The first-order chi connectivity index (χ1) is 24.5. The molecule has 11 nitrogen and oxygen atoms in total. The summed E-state index contributed by atoms with van der Waals surface area (Å²) >= 11 is 0. The highest BCUT2D eigenvalue weighted by Gasteiger charge is 2.47. The molecule has 0 fully saturated rings. The maximum Gasteiger partial charge on any atom is 0.303 e. The van der Waals surface area contributed by atoms with Gasteiger partial charge in [-0.2, -0.15) is 4.58 Å². The van der Waals surface area contributed by atoms with Crippen molar-refractivity contribution in [2.75, 3.05) is 23.7 Å². The number of carboxylic acid groups (broad SMARTS) is 1. The van der Waals surface area contributed by atoms with E-state index in [1.54, 1.807) is 0 Å². The second kappa shape index (κ2) is 14.3. The third-order valence-corrected chi connectivity index (χ3v) is 11.9. The van der Waals surface area contributed by atoms with Crippen molar-refractivity contribution in [2.45, 2.75) is 96.9 Å². The van der Waals surface area contributed by atoms with Crippen molar-refractivity contribution in [3.63, 3.8) is 0 Å². The number of hydrogen-bond acceptors (Lipinski definition) is 9. The normalized spacial score (nSPS) is 20.6. The van der Waals surface area contributed by atoms with Crippen LogP contribution < -0.4 is 9.64 Å². The maximum absolute atomic E-state index is 12.1.